The number of hydrogen-bond donors (Lipinski definition) is 1. The number of anilines is 2. The molecule has 0 aliphatic rings. The third-order valence-corrected chi connectivity index (χ3v) is 3.17. The quantitative estimate of drug-likeness (QED) is 0.869. The summed E-state index contributed by atoms with van der Waals surface area (Å²) in [6.07, 6.45) is -0.612. The highest BCUT2D eigenvalue weighted by Gasteiger charge is 2.24. The number of benzene rings is 2. The molecule has 1 unspecified atom stereocenters. The van der Waals surface area contributed by atoms with Gasteiger partial charge < -0.3 is 15.4 Å². The lowest BCUT2D eigenvalue weighted by Crippen LogP contribution is -2.32. The number of nitrogens with zero attached hydrogens (tertiary/aromatic N) is 1. The van der Waals surface area contributed by atoms with Crippen LogP contribution in [0.4, 0.5) is 11.4 Å². The third-order valence-electron chi connectivity index (χ3n) is 3.17. The largest absolute Gasteiger partial charge is 0.399 e. The number of likely N-dealkylation sites (N-methyl/N-ethyl adjacent to an activating group) is 1. The van der Waals surface area contributed by atoms with Gasteiger partial charge in [0.2, 0.25) is 0 Å². The summed E-state index contributed by atoms with van der Waals surface area (Å²) in [5.74, 6) is -0.122. The van der Waals surface area contributed by atoms with Gasteiger partial charge >= 0.3 is 0 Å². The molecule has 0 spiro atoms. The minimum atomic E-state index is -0.612. The summed E-state index contributed by atoms with van der Waals surface area (Å²) in [4.78, 5) is 14.1. The molecule has 1 atom stereocenters. The van der Waals surface area contributed by atoms with Crippen LogP contribution in [0.15, 0.2) is 54.6 Å². The molecule has 104 valence electrons. The van der Waals surface area contributed by atoms with E-state index in [9.17, 15) is 4.79 Å². The summed E-state index contributed by atoms with van der Waals surface area (Å²) < 4.78 is 5.35. The smallest absolute Gasteiger partial charge is 0.260 e. The van der Waals surface area contributed by atoms with E-state index in [0.717, 1.165) is 11.3 Å². The van der Waals surface area contributed by atoms with Gasteiger partial charge in [-0.15, -0.1) is 0 Å². The van der Waals surface area contributed by atoms with E-state index < -0.39 is 6.10 Å². The number of ether oxygens (including phenoxy) is 1. The Balaban J connectivity index is 2.22. The van der Waals surface area contributed by atoms with Gasteiger partial charge in [0.1, 0.15) is 0 Å². The molecule has 0 radical (unpaired) electrons. The van der Waals surface area contributed by atoms with E-state index >= 15 is 0 Å². The first-order valence-electron chi connectivity index (χ1n) is 6.34. The van der Waals surface area contributed by atoms with Crippen molar-refractivity contribution in [3.05, 3.63) is 60.2 Å². The fraction of sp³-hybridized carbons (Fsp3) is 0.188. The van der Waals surface area contributed by atoms with Crippen molar-refractivity contribution < 1.29 is 9.53 Å². The van der Waals surface area contributed by atoms with Crippen LogP contribution in [-0.4, -0.2) is 20.1 Å². The molecule has 0 bridgehead atoms. The number of nitrogens with two attached hydrogens (primary N) is 1. The van der Waals surface area contributed by atoms with Crippen molar-refractivity contribution in [2.45, 2.75) is 6.10 Å². The van der Waals surface area contributed by atoms with Gasteiger partial charge in [-0.2, -0.15) is 0 Å². The number of carbonyl (C=O) groups excluding carboxylic acids is 1. The predicted molar refractivity (Wildman–Crippen MR) is 80.5 cm³/mol. The van der Waals surface area contributed by atoms with Gasteiger partial charge in [0.15, 0.2) is 6.10 Å². The summed E-state index contributed by atoms with van der Waals surface area (Å²) in [7, 11) is 3.26. The average molecular weight is 270 g/mol. The van der Waals surface area contributed by atoms with Crippen molar-refractivity contribution in [1.29, 1.82) is 0 Å². The molecule has 0 aromatic heterocycles. The third kappa shape index (κ3) is 2.97. The molecule has 0 heterocycles. The highest BCUT2D eigenvalue weighted by Crippen LogP contribution is 2.23. The van der Waals surface area contributed by atoms with Crippen molar-refractivity contribution >= 4 is 17.3 Å². The molecule has 20 heavy (non-hydrogen) atoms. The molecule has 4 nitrogen and oxygen atoms in total. The van der Waals surface area contributed by atoms with E-state index in [1.807, 2.05) is 42.5 Å². The Morgan fingerprint density at radius 2 is 1.70 bits per heavy atom. The monoisotopic (exact) mass is 270 g/mol. The number of hydrogen-bond acceptors (Lipinski definition) is 3. The molecule has 4 heteroatoms. The van der Waals surface area contributed by atoms with E-state index in [4.69, 9.17) is 10.5 Å². The molecule has 2 N–H and O–H groups in total. The van der Waals surface area contributed by atoms with Crippen LogP contribution in [0.1, 0.15) is 11.7 Å². The molecule has 0 saturated carbocycles. The maximum Gasteiger partial charge on any atom is 0.260 e. The number of rotatable bonds is 4. The topological polar surface area (TPSA) is 55.6 Å². The van der Waals surface area contributed by atoms with Crippen LogP contribution in [0.25, 0.3) is 0 Å². The fourth-order valence-electron chi connectivity index (χ4n) is 2.01. The van der Waals surface area contributed by atoms with Gasteiger partial charge in [0, 0.05) is 25.5 Å². The zero-order valence-electron chi connectivity index (χ0n) is 11.6. The molecule has 2 aromatic carbocycles. The van der Waals surface area contributed by atoms with Crippen molar-refractivity contribution in [3.63, 3.8) is 0 Å². The van der Waals surface area contributed by atoms with Crippen molar-refractivity contribution in [2.75, 3.05) is 24.8 Å². The van der Waals surface area contributed by atoms with Crippen LogP contribution in [0.3, 0.4) is 0 Å². The van der Waals surface area contributed by atoms with Gasteiger partial charge in [0.25, 0.3) is 5.91 Å². The average Bonchev–Trinajstić information content (AvgIpc) is 2.49. The standard InChI is InChI=1S/C16H18N2O2/c1-18(14-10-8-13(17)9-11-14)16(19)15(20-2)12-6-4-3-5-7-12/h3-11,15H,17H2,1-2H3. The Labute approximate surface area is 118 Å². The van der Waals surface area contributed by atoms with Crippen molar-refractivity contribution in [2.24, 2.45) is 0 Å². The van der Waals surface area contributed by atoms with Gasteiger partial charge in [-0.25, -0.2) is 0 Å². The Morgan fingerprint density at radius 1 is 1.10 bits per heavy atom. The highest BCUT2D eigenvalue weighted by atomic mass is 16.5. The zero-order valence-corrected chi connectivity index (χ0v) is 11.6. The fourth-order valence-corrected chi connectivity index (χ4v) is 2.01. The maximum absolute atomic E-state index is 12.5. The second-order valence-electron chi connectivity index (χ2n) is 4.52. The molecule has 0 saturated heterocycles. The van der Waals surface area contributed by atoms with Crippen LogP contribution in [-0.2, 0) is 9.53 Å². The highest BCUT2D eigenvalue weighted by molar-refractivity contribution is 5.96. The lowest BCUT2D eigenvalue weighted by Gasteiger charge is -2.23. The summed E-state index contributed by atoms with van der Waals surface area (Å²) in [5, 5.41) is 0. The van der Waals surface area contributed by atoms with Crippen LogP contribution in [0.5, 0.6) is 0 Å². The number of nitrogen functional groups attached to an aromatic ring is 1. The second-order valence-corrected chi connectivity index (χ2v) is 4.52. The zero-order chi connectivity index (χ0) is 14.5. The summed E-state index contributed by atoms with van der Waals surface area (Å²) >= 11 is 0. The Kier molecular flexibility index (Phi) is 4.38. The molecule has 2 aromatic rings. The lowest BCUT2D eigenvalue weighted by atomic mass is 10.1. The maximum atomic E-state index is 12.5. The molecule has 0 fully saturated rings. The molecular weight excluding hydrogens is 252 g/mol. The lowest BCUT2D eigenvalue weighted by molar-refractivity contribution is -0.128. The Morgan fingerprint density at radius 3 is 2.25 bits per heavy atom. The normalized spacial score (nSPS) is 11.9. The SMILES string of the molecule is COC(C(=O)N(C)c1ccc(N)cc1)c1ccccc1. The first-order valence-corrected chi connectivity index (χ1v) is 6.34. The minimum Gasteiger partial charge on any atom is -0.399 e. The minimum absolute atomic E-state index is 0.122. The number of amides is 1. The van der Waals surface area contributed by atoms with Crippen LogP contribution >= 0.6 is 0 Å². The first-order chi connectivity index (χ1) is 9.63. The number of carbonyl (C=O) groups is 1. The van der Waals surface area contributed by atoms with E-state index in [0.29, 0.717) is 5.69 Å². The van der Waals surface area contributed by atoms with Crippen LogP contribution in [0.2, 0.25) is 0 Å². The molecule has 2 rings (SSSR count). The summed E-state index contributed by atoms with van der Waals surface area (Å²) in [6.45, 7) is 0. The Bertz CT molecular complexity index is 567. The van der Waals surface area contributed by atoms with Crippen LogP contribution < -0.4 is 10.6 Å². The van der Waals surface area contributed by atoms with E-state index in [-0.39, 0.29) is 5.91 Å². The van der Waals surface area contributed by atoms with Crippen molar-refractivity contribution in [3.8, 4) is 0 Å². The summed E-state index contributed by atoms with van der Waals surface area (Å²) in [6, 6.07) is 16.6. The molecule has 0 aliphatic heterocycles. The predicted octanol–water partition coefficient (Wildman–Crippen LogP) is 2.62. The second kappa shape index (κ2) is 6.21. The Hall–Kier alpha value is -2.33. The van der Waals surface area contributed by atoms with E-state index in [1.54, 1.807) is 24.1 Å². The van der Waals surface area contributed by atoms with Crippen molar-refractivity contribution in [1.82, 2.24) is 0 Å². The van der Waals surface area contributed by atoms with Gasteiger partial charge in [-0.05, 0) is 29.8 Å². The molecule has 1 amide bonds. The summed E-state index contributed by atoms with van der Waals surface area (Å²) in [5.41, 5.74) is 7.93. The molecular formula is C16H18N2O2. The van der Waals surface area contributed by atoms with E-state index in [1.165, 1.54) is 7.11 Å². The molecule has 0 aliphatic carbocycles. The number of methoxy groups -OCH3 is 1. The van der Waals surface area contributed by atoms with Gasteiger partial charge in [0.05, 0.1) is 0 Å². The van der Waals surface area contributed by atoms with Crippen LogP contribution in [0, 0.1) is 0 Å². The van der Waals surface area contributed by atoms with E-state index in [2.05, 4.69) is 0 Å². The first kappa shape index (κ1) is 14.1. The van der Waals surface area contributed by atoms with Gasteiger partial charge in [-0.1, -0.05) is 30.3 Å². The van der Waals surface area contributed by atoms with Gasteiger partial charge in [-0.3, -0.25) is 4.79 Å².